The van der Waals surface area contributed by atoms with Gasteiger partial charge in [-0.2, -0.15) is 0 Å². The van der Waals surface area contributed by atoms with Crippen LogP contribution in [0, 0.1) is 0 Å². The van der Waals surface area contributed by atoms with Crippen LogP contribution in [0.3, 0.4) is 0 Å². The third-order valence-corrected chi connectivity index (χ3v) is 11.4. The summed E-state index contributed by atoms with van der Waals surface area (Å²) in [6.07, 6.45) is -8.56. The van der Waals surface area contributed by atoms with E-state index in [4.69, 9.17) is 42.6 Å². The molecule has 0 radical (unpaired) electrons. The Bertz CT molecular complexity index is 2190. The van der Waals surface area contributed by atoms with Gasteiger partial charge in [0, 0.05) is 0 Å². The zero-order valence-electron chi connectivity index (χ0n) is 36.2. The predicted octanol–water partition coefficient (Wildman–Crippen LogP) is 8.98. The van der Waals surface area contributed by atoms with Crippen molar-refractivity contribution in [2.45, 2.75) is 108 Å². The first-order valence-electron chi connectivity index (χ1n) is 22.1. The molecule has 10 heteroatoms. The molecular formula is C54H58O10. The van der Waals surface area contributed by atoms with E-state index in [-0.39, 0.29) is 26.4 Å². The van der Waals surface area contributed by atoms with Gasteiger partial charge >= 0.3 is 0 Å². The summed E-state index contributed by atoms with van der Waals surface area (Å²) in [5, 5.41) is 12.1. The molecule has 6 aromatic rings. The van der Waals surface area contributed by atoms with Gasteiger partial charge in [0.2, 0.25) is 0 Å². The summed E-state index contributed by atoms with van der Waals surface area (Å²) in [5.41, 5.74) is 5.89. The van der Waals surface area contributed by atoms with E-state index < -0.39 is 61.4 Å². The van der Waals surface area contributed by atoms with Gasteiger partial charge in [0.05, 0.1) is 52.4 Å². The standard InChI is InChI=1S/C54H58O10/c1-39-47(57-33-41-22-10-3-11-23-41)49(59-35-43-26-14-5-15-27-43)52(61-37-45-30-18-7-19-31-45)54(62-39)64-51-50(60-36-44-28-16-6-17-29-44)48(58-34-42-24-12-4-13-25-42)46(63-53(51)55)38-56-32-40-20-8-2-9-21-40/h2-31,39,46-55H,32-38H2,1H3/t39-,46+,47+,48+,49+,50-,51+,52-,53+,54-/m0/s1. The normalized spacial score (nSPS) is 25.8. The van der Waals surface area contributed by atoms with E-state index in [0.29, 0.717) is 19.8 Å². The quantitative estimate of drug-likeness (QED) is 0.0755. The van der Waals surface area contributed by atoms with Crippen LogP contribution < -0.4 is 0 Å². The van der Waals surface area contributed by atoms with Gasteiger partial charge in [-0.15, -0.1) is 0 Å². The maximum Gasteiger partial charge on any atom is 0.187 e. The summed E-state index contributed by atoms with van der Waals surface area (Å²) in [6, 6.07) is 59.7. The smallest absolute Gasteiger partial charge is 0.187 e. The highest BCUT2D eigenvalue weighted by Gasteiger charge is 2.53. The van der Waals surface area contributed by atoms with Crippen LogP contribution in [-0.2, 0) is 82.3 Å². The van der Waals surface area contributed by atoms with Crippen LogP contribution in [0.15, 0.2) is 182 Å². The molecular weight excluding hydrogens is 809 g/mol. The second-order valence-electron chi connectivity index (χ2n) is 16.2. The highest BCUT2D eigenvalue weighted by atomic mass is 16.8. The molecule has 2 heterocycles. The molecule has 0 saturated carbocycles. The molecule has 0 aliphatic carbocycles. The molecule has 64 heavy (non-hydrogen) atoms. The van der Waals surface area contributed by atoms with Gasteiger partial charge in [-0.05, 0) is 40.3 Å². The topological polar surface area (TPSA) is 103 Å². The van der Waals surface area contributed by atoms with Crippen molar-refractivity contribution in [3.63, 3.8) is 0 Å². The monoisotopic (exact) mass is 866 g/mol. The van der Waals surface area contributed by atoms with Crippen LogP contribution in [0.4, 0.5) is 0 Å². The first-order valence-corrected chi connectivity index (χ1v) is 22.1. The minimum absolute atomic E-state index is 0.124. The maximum atomic E-state index is 12.1. The van der Waals surface area contributed by atoms with Crippen LogP contribution >= 0.6 is 0 Å². The van der Waals surface area contributed by atoms with Crippen molar-refractivity contribution in [1.82, 2.24) is 0 Å². The zero-order valence-corrected chi connectivity index (χ0v) is 36.2. The van der Waals surface area contributed by atoms with Gasteiger partial charge in [0.15, 0.2) is 12.6 Å². The van der Waals surface area contributed by atoms with Gasteiger partial charge in [-0.1, -0.05) is 182 Å². The molecule has 1 N–H and O–H groups in total. The van der Waals surface area contributed by atoms with Crippen LogP contribution in [0.2, 0.25) is 0 Å². The van der Waals surface area contributed by atoms with Crippen molar-refractivity contribution in [3.05, 3.63) is 215 Å². The number of rotatable bonds is 21. The number of aliphatic hydroxyl groups is 1. The fourth-order valence-electron chi connectivity index (χ4n) is 8.10. The average molecular weight is 867 g/mol. The van der Waals surface area contributed by atoms with Crippen molar-refractivity contribution < 1.29 is 47.7 Å². The van der Waals surface area contributed by atoms with Gasteiger partial charge in [-0.25, -0.2) is 0 Å². The number of hydrogen-bond acceptors (Lipinski definition) is 10. The Morgan fingerprint density at radius 2 is 0.703 bits per heavy atom. The molecule has 0 aromatic heterocycles. The Hall–Kier alpha value is -5.08. The number of aliphatic hydroxyl groups excluding tert-OH is 1. The van der Waals surface area contributed by atoms with Gasteiger partial charge in [0.25, 0.3) is 0 Å². The lowest BCUT2D eigenvalue weighted by atomic mass is 9.96. The van der Waals surface area contributed by atoms with Crippen LogP contribution in [-0.4, -0.2) is 73.1 Å². The Labute approximate surface area is 376 Å². The SMILES string of the molecule is C[C@@H]1O[C@@H](O[C@@H]2[C@@H](OCc3ccccc3)[C@H](OCc3ccccc3)[C@@H](COCc3ccccc3)O[C@H]2O)[C@@H](OCc2ccccc2)[C@H](OCc2ccccc2)[C@@H]1OCc1ccccc1. The minimum Gasteiger partial charge on any atom is -0.374 e. The lowest BCUT2D eigenvalue weighted by molar-refractivity contribution is -0.375. The molecule has 10 atom stereocenters. The second-order valence-corrected chi connectivity index (χ2v) is 16.2. The molecule has 0 amide bonds. The summed E-state index contributed by atoms with van der Waals surface area (Å²) in [4.78, 5) is 0. The van der Waals surface area contributed by atoms with Crippen LogP contribution in [0.25, 0.3) is 0 Å². The molecule has 2 aliphatic heterocycles. The third-order valence-electron chi connectivity index (χ3n) is 11.4. The molecule has 0 bridgehead atoms. The average Bonchev–Trinajstić information content (AvgIpc) is 3.34. The molecule has 2 fully saturated rings. The number of benzene rings is 6. The molecule has 334 valence electrons. The van der Waals surface area contributed by atoms with E-state index >= 15 is 0 Å². The Morgan fingerprint density at radius 1 is 0.375 bits per heavy atom. The van der Waals surface area contributed by atoms with E-state index in [9.17, 15) is 5.11 Å². The van der Waals surface area contributed by atoms with Crippen LogP contribution in [0.1, 0.15) is 40.3 Å². The molecule has 10 nitrogen and oxygen atoms in total. The predicted molar refractivity (Wildman–Crippen MR) is 241 cm³/mol. The summed E-state index contributed by atoms with van der Waals surface area (Å²) in [7, 11) is 0. The zero-order chi connectivity index (χ0) is 43.8. The Kier molecular flexibility index (Phi) is 16.9. The van der Waals surface area contributed by atoms with Crippen molar-refractivity contribution in [2.24, 2.45) is 0 Å². The first-order chi connectivity index (χ1) is 31.6. The highest BCUT2D eigenvalue weighted by molar-refractivity contribution is 5.18. The van der Waals surface area contributed by atoms with Crippen molar-refractivity contribution in [1.29, 1.82) is 0 Å². The van der Waals surface area contributed by atoms with Gasteiger partial charge in [-0.3, -0.25) is 0 Å². The summed E-state index contributed by atoms with van der Waals surface area (Å²) < 4.78 is 60.5. The largest absolute Gasteiger partial charge is 0.374 e. The summed E-state index contributed by atoms with van der Waals surface area (Å²) in [6.45, 7) is 3.76. The number of ether oxygens (including phenoxy) is 9. The van der Waals surface area contributed by atoms with Crippen molar-refractivity contribution >= 4 is 0 Å². The van der Waals surface area contributed by atoms with Gasteiger partial charge < -0.3 is 47.7 Å². The minimum atomic E-state index is -1.47. The van der Waals surface area contributed by atoms with E-state index in [1.54, 1.807) is 0 Å². The summed E-state index contributed by atoms with van der Waals surface area (Å²) in [5.74, 6) is 0. The second kappa shape index (κ2) is 23.7. The molecule has 2 aliphatic rings. The lowest BCUT2D eigenvalue weighted by Crippen LogP contribution is -2.65. The fraction of sp³-hybridized carbons (Fsp3) is 0.333. The van der Waals surface area contributed by atoms with E-state index in [1.807, 2.05) is 189 Å². The number of hydrogen-bond donors (Lipinski definition) is 1. The Morgan fingerprint density at radius 3 is 1.11 bits per heavy atom. The Balaban J connectivity index is 1.11. The maximum absolute atomic E-state index is 12.1. The molecule has 6 aromatic carbocycles. The highest BCUT2D eigenvalue weighted by Crippen LogP contribution is 2.36. The summed E-state index contributed by atoms with van der Waals surface area (Å²) >= 11 is 0. The van der Waals surface area contributed by atoms with Crippen molar-refractivity contribution in [2.75, 3.05) is 6.61 Å². The van der Waals surface area contributed by atoms with E-state index in [2.05, 4.69) is 0 Å². The molecule has 0 spiro atoms. The van der Waals surface area contributed by atoms with Crippen molar-refractivity contribution in [3.8, 4) is 0 Å². The lowest BCUT2D eigenvalue weighted by Gasteiger charge is -2.49. The molecule has 8 rings (SSSR count). The third kappa shape index (κ3) is 12.8. The molecule has 0 unspecified atom stereocenters. The fourth-order valence-corrected chi connectivity index (χ4v) is 8.10. The molecule has 2 saturated heterocycles. The van der Waals surface area contributed by atoms with Gasteiger partial charge in [0.1, 0.15) is 42.7 Å². The van der Waals surface area contributed by atoms with Crippen LogP contribution in [0.5, 0.6) is 0 Å². The first kappa shape index (κ1) is 45.5. The van der Waals surface area contributed by atoms with E-state index in [0.717, 1.165) is 33.4 Å². The van der Waals surface area contributed by atoms with E-state index in [1.165, 1.54) is 0 Å².